The van der Waals surface area contributed by atoms with Crippen molar-refractivity contribution in [3.63, 3.8) is 0 Å². The van der Waals surface area contributed by atoms with Gasteiger partial charge < -0.3 is 4.74 Å². The van der Waals surface area contributed by atoms with E-state index in [9.17, 15) is 22.8 Å². The minimum atomic E-state index is -4.40. The Morgan fingerprint density at radius 1 is 1.35 bits per heavy atom. The van der Waals surface area contributed by atoms with Crippen LogP contribution in [0.5, 0.6) is 0 Å². The number of aryl methyl sites for hydroxylation is 1. The molecule has 23 heavy (non-hydrogen) atoms. The Morgan fingerprint density at radius 2 is 2.09 bits per heavy atom. The van der Waals surface area contributed by atoms with Gasteiger partial charge in [-0.05, 0) is 44.2 Å². The lowest BCUT2D eigenvalue weighted by molar-refractivity contribution is -0.159. The largest absolute Gasteiger partial charge is 0.465 e. The number of alkyl halides is 3. The maximum Gasteiger partial charge on any atom is 0.416 e. The fourth-order valence-corrected chi connectivity index (χ4v) is 3.04. The molecule has 3 nitrogen and oxygen atoms in total. The number of carbonyl (C=O) groups is 2. The third kappa shape index (κ3) is 3.74. The predicted octanol–water partition coefficient (Wildman–Crippen LogP) is 3.94. The number of hydrogen-bond donors (Lipinski definition) is 0. The van der Waals surface area contributed by atoms with Crippen molar-refractivity contribution < 1.29 is 27.5 Å². The summed E-state index contributed by atoms with van der Waals surface area (Å²) in [4.78, 5) is 24.4. The van der Waals surface area contributed by atoms with E-state index >= 15 is 0 Å². The smallest absolute Gasteiger partial charge is 0.416 e. The van der Waals surface area contributed by atoms with E-state index in [1.54, 1.807) is 13.0 Å². The second-order valence-corrected chi connectivity index (χ2v) is 5.78. The van der Waals surface area contributed by atoms with Crippen molar-refractivity contribution in [1.29, 1.82) is 0 Å². The molecular formula is C17H19F3O3. The van der Waals surface area contributed by atoms with Crippen molar-refractivity contribution in [2.75, 3.05) is 6.61 Å². The van der Waals surface area contributed by atoms with Crippen molar-refractivity contribution >= 4 is 11.8 Å². The van der Waals surface area contributed by atoms with Crippen LogP contribution in [-0.4, -0.2) is 18.4 Å². The van der Waals surface area contributed by atoms with Gasteiger partial charge >= 0.3 is 12.1 Å². The van der Waals surface area contributed by atoms with E-state index in [2.05, 4.69) is 0 Å². The van der Waals surface area contributed by atoms with Gasteiger partial charge in [0.25, 0.3) is 0 Å². The number of ketones is 1. The highest BCUT2D eigenvalue weighted by molar-refractivity contribution is 6.05. The van der Waals surface area contributed by atoms with Crippen molar-refractivity contribution in [3.05, 3.63) is 35.4 Å². The second kappa shape index (κ2) is 6.72. The van der Waals surface area contributed by atoms with Crippen molar-refractivity contribution in [3.8, 4) is 0 Å². The molecule has 0 saturated heterocycles. The van der Waals surface area contributed by atoms with Crippen LogP contribution in [0.15, 0.2) is 24.3 Å². The summed E-state index contributed by atoms with van der Waals surface area (Å²) in [6.45, 7) is 1.84. The summed E-state index contributed by atoms with van der Waals surface area (Å²) >= 11 is 0. The first-order chi connectivity index (χ1) is 10.8. The van der Waals surface area contributed by atoms with E-state index in [0.717, 1.165) is 12.1 Å². The number of hydrogen-bond acceptors (Lipinski definition) is 3. The molecule has 1 aliphatic rings. The molecule has 0 amide bonds. The molecule has 1 aliphatic carbocycles. The normalized spacial score (nSPS) is 21.5. The highest BCUT2D eigenvalue weighted by atomic mass is 19.4. The Bertz CT molecular complexity index is 595. The maximum atomic E-state index is 12.7. The van der Waals surface area contributed by atoms with Crippen LogP contribution in [0.2, 0.25) is 0 Å². The number of rotatable bonds is 5. The van der Waals surface area contributed by atoms with Gasteiger partial charge in [-0.2, -0.15) is 13.2 Å². The molecule has 0 spiro atoms. The Labute approximate surface area is 132 Å². The number of ether oxygens (including phenoxy) is 1. The van der Waals surface area contributed by atoms with Crippen LogP contribution >= 0.6 is 0 Å². The van der Waals surface area contributed by atoms with Crippen LogP contribution in [0.25, 0.3) is 0 Å². The molecule has 2 rings (SSSR count). The van der Waals surface area contributed by atoms with Crippen LogP contribution in [0, 0.1) is 5.41 Å². The van der Waals surface area contributed by atoms with E-state index in [4.69, 9.17) is 4.74 Å². The molecular weight excluding hydrogens is 309 g/mol. The summed E-state index contributed by atoms with van der Waals surface area (Å²) in [5.41, 5.74) is -1.45. The summed E-state index contributed by atoms with van der Waals surface area (Å²) < 4.78 is 43.3. The van der Waals surface area contributed by atoms with Gasteiger partial charge in [-0.3, -0.25) is 9.59 Å². The quantitative estimate of drug-likeness (QED) is 0.607. The van der Waals surface area contributed by atoms with Crippen molar-refractivity contribution in [2.24, 2.45) is 5.41 Å². The van der Waals surface area contributed by atoms with Gasteiger partial charge in [-0.25, -0.2) is 0 Å². The monoisotopic (exact) mass is 328 g/mol. The number of halogens is 3. The van der Waals surface area contributed by atoms with Gasteiger partial charge in [0.2, 0.25) is 0 Å². The summed E-state index contributed by atoms with van der Waals surface area (Å²) in [6.07, 6.45) is -2.65. The molecule has 0 radical (unpaired) electrons. The molecule has 0 aliphatic heterocycles. The van der Waals surface area contributed by atoms with E-state index in [1.807, 2.05) is 0 Å². The second-order valence-electron chi connectivity index (χ2n) is 5.78. The van der Waals surface area contributed by atoms with Crippen LogP contribution in [-0.2, 0) is 26.9 Å². The first-order valence-electron chi connectivity index (χ1n) is 7.66. The lowest BCUT2D eigenvalue weighted by atomic mass is 9.79. The Hall–Kier alpha value is -1.85. The van der Waals surface area contributed by atoms with E-state index in [-0.39, 0.29) is 25.2 Å². The number of esters is 1. The first kappa shape index (κ1) is 17.5. The summed E-state index contributed by atoms with van der Waals surface area (Å²) in [6, 6.07) is 4.99. The average Bonchev–Trinajstić information content (AvgIpc) is 2.87. The van der Waals surface area contributed by atoms with Crippen molar-refractivity contribution in [1.82, 2.24) is 0 Å². The SMILES string of the molecule is CCOC(=O)C1(CCc2cccc(C(F)(F)F)c2)CCCC1=O. The first-order valence-corrected chi connectivity index (χ1v) is 7.66. The molecule has 1 aromatic rings. The lowest BCUT2D eigenvalue weighted by Crippen LogP contribution is -2.37. The summed E-state index contributed by atoms with van der Waals surface area (Å²) in [5, 5.41) is 0. The van der Waals surface area contributed by atoms with E-state index in [1.165, 1.54) is 6.07 Å². The molecule has 1 aromatic carbocycles. The van der Waals surface area contributed by atoms with Crippen molar-refractivity contribution in [2.45, 2.75) is 45.2 Å². The third-order valence-electron chi connectivity index (χ3n) is 4.30. The summed E-state index contributed by atoms with van der Waals surface area (Å²) in [7, 11) is 0. The van der Waals surface area contributed by atoms with Gasteiger partial charge in [0.15, 0.2) is 0 Å². The van der Waals surface area contributed by atoms with Crippen LogP contribution < -0.4 is 0 Å². The van der Waals surface area contributed by atoms with E-state index in [0.29, 0.717) is 24.8 Å². The van der Waals surface area contributed by atoms with Gasteiger partial charge in [-0.15, -0.1) is 0 Å². The lowest BCUT2D eigenvalue weighted by Gasteiger charge is -2.25. The van der Waals surface area contributed by atoms with Crippen LogP contribution in [0.1, 0.15) is 43.7 Å². The molecule has 0 N–H and O–H groups in total. The van der Waals surface area contributed by atoms with Crippen LogP contribution in [0.3, 0.4) is 0 Å². The number of benzene rings is 1. The molecule has 0 bridgehead atoms. The Morgan fingerprint density at radius 3 is 2.65 bits per heavy atom. The molecule has 1 unspecified atom stereocenters. The molecule has 6 heteroatoms. The van der Waals surface area contributed by atoms with Gasteiger partial charge in [0.05, 0.1) is 12.2 Å². The topological polar surface area (TPSA) is 43.4 Å². The molecule has 1 fully saturated rings. The van der Waals surface area contributed by atoms with Gasteiger partial charge in [0, 0.05) is 6.42 Å². The maximum absolute atomic E-state index is 12.7. The molecule has 1 saturated carbocycles. The summed E-state index contributed by atoms with van der Waals surface area (Å²) in [5.74, 6) is -0.711. The van der Waals surface area contributed by atoms with Crippen LogP contribution in [0.4, 0.5) is 13.2 Å². The highest BCUT2D eigenvalue weighted by Crippen LogP contribution is 2.40. The third-order valence-corrected chi connectivity index (χ3v) is 4.30. The number of Topliss-reactive ketones (excluding diaryl/α,β-unsaturated/α-hetero) is 1. The average molecular weight is 328 g/mol. The zero-order valence-electron chi connectivity index (χ0n) is 12.9. The predicted molar refractivity (Wildman–Crippen MR) is 77.7 cm³/mol. The fraction of sp³-hybridized carbons (Fsp3) is 0.529. The number of carbonyl (C=O) groups excluding carboxylic acids is 2. The highest BCUT2D eigenvalue weighted by Gasteiger charge is 2.49. The molecule has 1 atom stereocenters. The molecule has 126 valence electrons. The van der Waals surface area contributed by atoms with Gasteiger partial charge in [-0.1, -0.05) is 18.2 Å². The molecule has 0 aromatic heterocycles. The fourth-order valence-electron chi connectivity index (χ4n) is 3.04. The Kier molecular flexibility index (Phi) is 5.12. The molecule has 0 heterocycles. The van der Waals surface area contributed by atoms with E-state index < -0.39 is 23.1 Å². The Balaban J connectivity index is 2.17. The standard InChI is InChI=1S/C17H19F3O3/c1-2-23-15(22)16(9-4-7-14(16)21)10-8-12-5-3-6-13(11-12)17(18,19)20/h3,5-6,11H,2,4,7-10H2,1H3. The zero-order valence-corrected chi connectivity index (χ0v) is 12.9. The zero-order chi connectivity index (χ0) is 17.1. The minimum Gasteiger partial charge on any atom is -0.465 e. The van der Waals surface area contributed by atoms with Gasteiger partial charge in [0.1, 0.15) is 11.2 Å². The minimum absolute atomic E-state index is 0.164.